The van der Waals surface area contributed by atoms with Gasteiger partial charge < -0.3 is 20.3 Å². The summed E-state index contributed by atoms with van der Waals surface area (Å²) in [5.41, 5.74) is 2.19. The molecule has 7 nitrogen and oxygen atoms in total. The van der Waals surface area contributed by atoms with Crippen molar-refractivity contribution in [2.45, 2.75) is 32.5 Å². The molecule has 0 unspecified atom stereocenters. The van der Waals surface area contributed by atoms with Crippen LogP contribution in [-0.4, -0.2) is 30.9 Å². The Balaban J connectivity index is 1.69. The molecule has 146 valence electrons. The van der Waals surface area contributed by atoms with E-state index in [1.807, 2.05) is 38.1 Å². The molecule has 3 amide bonds. The first-order valence-electron chi connectivity index (χ1n) is 9.06. The minimum absolute atomic E-state index is 0.0603. The second kappa shape index (κ2) is 8.12. The fraction of sp³-hybridized carbons (Fsp3) is 0.286. The van der Waals surface area contributed by atoms with Gasteiger partial charge in [-0.2, -0.15) is 0 Å². The molecule has 28 heavy (non-hydrogen) atoms. The smallest absolute Gasteiger partial charge is 0.310 e. The van der Waals surface area contributed by atoms with Gasteiger partial charge in [0.05, 0.1) is 7.11 Å². The maximum atomic E-state index is 12.8. The number of carbonyl (C=O) groups excluding carboxylic acids is 3. The highest BCUT2D eigenvalue weighted by Gasteiger charge is 2.39. The molecule has 1 atom stereocenters. The predicted octanol–water partition coefficient (Wildman–Crippen LogP) is 1.92. The summed E-state index contributed by atoms with van der Waals surface area (Å²) in [7, 11) is 1.54. The van der Waals surface area contributed by atoms with E-state index in [4.69, 9.17) is 4.74 Å². The molecule has 0 saturated carbocycles. The normalized spacial score (nSPS) is 15.4. The summed E-state index contributed by atoms with van der Waals surface area (Å²) >= 11 is 0. The lowest BCUT2D eigenvalue weighted by Gasteiger charge is -2.22. The highest BCUT2D eigenvalue weighted by Crippen LogP contribution is 2.36. The number of rotatable bonds is 5. The van der Waals surface area contributed by atoms with Crippen molar-refractivity contribution in [1.82, 2.24) is 10.6 Å². The fourth-order valence-corrected chi connectivity index (χ4v) is 3.32. The highest BCUT2D eigenvalue weighted by atomic mass is 16.5. The zero-order valence-electron chi connectivity index (χ0n) is 16.1. The third-order valence-electron chi connectivity index (χ3n) is 4.62. The minimum Gasteiger partial charge on any atom is -0.496 e. The average Bonchev–Trinajstić information content (AvgIpc) is 2.98. The van der Waals surface area contributed by atoms with Crippen LogP contribution in [0.5, 0.6) is 5.75 Å². The third kappa shape index (κ3) is 3.69. The van der Waals surface area contributed by atoms with Crippen LogP contribution in [0.3, 0.4) is 0 Å². The first-order valence-corrected chi connectivity index (χ1v) is 9.06. The highest BCUT2D eigenvalue weighted by molar-refractivity contribution is 6.35. The lowest BCUT2D eigenvalue weighted by molar-refractivity contribution is -0.140. The summed E-state index contributed by atoms with van der Waals surface area (Å²) < 4.78 is 5.23. The van der Waals surface area contributed by atoms with Crippen LogP contribution in [0, 0.1) is 0 Å². The molecule has 1 heterocycles. The lowest BCUT2D eigenvalue weighted by atomic mass is 10.1. The summed E-state index contributed by atoms with van der Waals surface area (Å²) in [5.74, 6) is -1.29. The molecule has 0 radical (unpaired) electrons. The van der Waals surface area contributed by atoms with Crippen LogP contribution >= 0.6 is 0 Å². The van der Waals surface area contributed by atoms with Gasteiger partial charge >= 0.3 is 11.8 Å². The molecule has 0 spiro atoms. The number of benzene rings is 2. The van der Waals surface area contributed by atoms with Crippen LogP contribution < -0.4 is 20.3 Å². The van der Waals surface area contributed by atoms with E-state index in [2.05, 4.69) is 10.6 Å². The number of amides is 3. The van der Waals surface area contributed by atoms with Gasteiger partial charge in [-0.1, -0.05) is 36.4 Å². The molecule has 7 heteroatoms. The molecule has 3 rings (SSSR count). The average molecular weight is 381 g/mol. The number of methoxy groups -OCH3 is 1. The first-order chi connectivity index (χ1) is 13.4. The van der Waals surface area contributed by atoms with Crippen LogP contribution in [0.25, 0.3) is 0 Å². The Hall–Kier alpha value is -3.35. The van der Waals surface area contributed by atoms with Gasteiger partial charge in [-0.3, -0.25) is 14.4 Å². The van der Waals surface area contributed by atoms with E-state index in [1.165, 1.54) is 7.11 Å². The predicted molar refractivity (Wildman–Crippen MR) is 105 cm³/mol. The summed E-state index contributed by atoms with van der Waals surface area (Å²) in [4.78, 5) is 39.1. The van der Waals surface area contributed by atoms with Gasteiger partial charge in [0.1, 0.15) is 11.8 Å². The molecule has 2 aromatic carbocycles. The molecule has 2 N–H and O–H groups in total. The Kier molecular flexibility index (Phi) is 5.63. The molecule has 0 bridgehead atoms. The van der Waals surface area contributed by atoms with E-state index in [9.17, 15) is 14.4 Å². The van der Waals surface area contributed by atoms with Gasteiger partial charge in [0.2, 0.25) is 0 Å². The fourth-order valence-electron chi connectivity index (χ4n) is 3.32. The van der Waals surface area contributed by atoms with Crippen LogP contribution in [-0.2, 0) is 20.9 Å². The number of nitrogens with zero attached hydrogens (tertiary/aromatic N) is 1. The molecule has 0 aliphatic carbocycles. The van der Waals surface area contributed by atoms with Gasteiger partial charge in [-0.05, 0) is 26.0 Å². The van der Waals surface area contributed by atoms with E-state index >= 15 is 0 Å². The van der Waals surface area contributed by atoms with Crippen molar-refractivity contribution in [3.63, 3.8) is 0 Å². The van der Waals surface area contributed by atoms with Crippen LogP contribution in [0.15, 0.2) is 48.5 Å². The van der Waals surface area contributed by atoms with Crippen molar-refractivity contribution >= 4 is 23.4 Å². The maximum absolute atomic E-state index is 12.8. The van der Waals surface area contributed by atoms with E-state index < -0.39 is 17.9 Å². The summed E-state index contributed by atoms with van der Waals surface area (Å²) in [6.45, 7) is 3.95. The van der Waals surface area contributed by atoms with Crippen molar-refractivity contribution in [3.8, 4) is 5.75 Å². The molecule has 1 aliphatic rings. The second-order valence-electron chi connectivity index (χ2n) is 6.76. The molecule has 2 aromatic rings. The molecule has 0 saturated heterocycles. The van der Waals surface area contributed by atoms with Gasteiger partial charge in [0.15, 0.2) is 0 Å². The minimum atomic E-state index is -0.872. The summed E-state index contributed by atoms with van der Waals surface area (Å²) in [5, 5.41) is 5.13. The Morgan fingerprint density at radius 2 is 1.75 bits per heavy atom. The maximum Gasteiger partial charge on any atom is 0.310 e. The Labute approximate surface area is 163 Å². The number of carbonyl (C=O) groups is 3. The largest absolute Gasteiger partial charge is 0.496 e. The van der Waals surface area contributed by atoms with Crippen molar-refractivity contribution < 1.29 is 19.1 Å². The third-order valence-corrected chi connectivity index (χ3v) is 4.62. The summed E-state index contributed by atoms with van der Waals surface area (Å²) in [6, 6.07) is 13.5. The lowest BCUT2D eigenvalue weighted by Crippen LogP contribution is -2.45. The molecular weight excluding hydrogens is 358 g/mol. The van der Waals surface area contributed by atoms with E-state index in [-0.39, 0.29) is 18.5 Å². The molecule has 0 aromatic heterocycles. The first kappa shape index (κ1) is 19.4. The number of ether oxygens (including phenoxy) is 1. The topological polar surface area (TPSA) is 87.7 Å². The van der Waals surface area contributed by atoms with E-state index in [0.717, 1.165) is 11.3 Å². The SMILES string of the molecule is COc1ccccc1CNC(=O)C(=O)N[C@@H]1C(=O)N(C(C)C)c2ccccc21. The van der Waals surface area contributed by atoms with Crippen molar-refractivity contribution in [3.05, 3.63) is 59.7 Å². The van der Waals surface area contributed by atoms with Gasteiger partial charge in [-0.25, -0.2) is 0 Å². The van der Waals surface area contributed by atoms with Crippen molar-refractivity contribution in [1.29, 1.82) is 0 Å². The quantitative estimate of drug-likeness (QED) is 0.775. The van der Waals surface area contributed by atoms with Crippen molar-refractivity contribution in [2.24, 2.45) is 0 Å². The zero-order chi connectivity index (χ0) is 20.3. The Bertz CT molecular complexity index is 910. The van der Waals surface area contributed by atoms with E-state index in [1.54, 1.807) is 29.2 Å². The molecular formula is C21H23N3O4. The number of para-hydroxylation sites is 2. The Morgan fingerprint density at radius 1 is 1.07 bits per heavy atom. The Morgan fingerprint density at radius 3 is 2.46 bits per heavy atom. The molecule has 0 fully saturated rings. The van der Waals surface area contributed by atoms with Gasteiger partial charge in [-0.15, -0.1) is 0 Å². The standard InChI is InChI=1S/C21H23N3O4/c1-13(2)24-16-10-6-5-9-15(16)18(21(24)27)23-20(26)19(25)22-12-14-8-4-7-11-17(14)28-3/h4-11,13,18H,12H2,1-3H3,(H,22,25)(H,23,26)/t18-/m0/s1. The number of fused-ring (bicyclic) bond motifs is 1. The van der Waals surface area contributed by atoms with Crippen LogP contribution in [0.1, 0.15) is 31.0 Å². The summed E-state index contributed by atoms with van der Waals surface area (Å²) in [6.07, 6.45) is 0. The number of nitrogens with one attached hydrogen (secondary N) is 2. The second-order valence-corrected chi connectivity index (χ2v) is 6.76. The van der Waals surface area contributed by atoms with Crippen molar-refractivity contribution in [2.75, 3.05) is 12.0 Å². The number of hydrogen-bond acceptors (Lipinski definition) is 4. The van der Waals surface area contributed by atoms with Crippen LogP contribution in [0.4, 0.5) is 5.69 Å². The number of hydrogen-bond donors (Lipinski definition) is 2. The van der Waals surface area contributed by atoms with Gasteiger partial charge in [0.25, 0.3) is 5.91 Å². The monoisotopic (exact) mass is 381 g/mol. The molecule has 1 aliphatic heterocycles. The van der Waals surface area contributed by atoms with E-state index in [0.29, 0.717) is 11.3 Å². The van der Waals surface area contributed by atoms with Crippen LogP contribution in [0.2, 0.25) is 0 Å². The number of anilines is 1. The van der Waals surface area contributed by atoms with Gasteiger partial charge in [0, 0.05) is 29.4 Å². The zero-order valence-corrected chi connectivity index (χ0v) is 16.1.